The zero-order valence-electron chi connectivity index (χ0n) is 14.6. The summed E-state index contributed by atoms with van der Waals surface area (Å²) in [6.07, 6.45) is 0. The lowest BCUT2D eigenvalue weighted by Crippen LogP contribution is -2.30. The molecule has 0 unspecified atom stereocenters. The van der Waals surface area contributed by atoms with Crippen LogP contribution in [0.3, 0.4) is 0 Å². The number of para-hydroxylation sites is 1. The van der Waals surface area contributed by atoms with Crippen molar-refractivity contribution < 1.29 is 9.59 Å². The molecule has 0 bridgehead atoms. The number of hydrazine groups is 1. The van der Waals surface area contributed by atoms with Crippen molar-refractivity contribution in [2.24, 2.45) is 5.84 Å². The number of nitrogen functional groups attached to an aromatic ring is 1. The number of benzene rings is 2. The molecule has 5 N–H and O–H groups in total. The number of anilines is 1. The van der Waals surface area contributed by atoms with E-state index in [-0.39, 0.29) is 11.6 Å². The average molecular weight is 372 g/mol. The van der Waals surface area contributed by atoms with Crippen LogP contribution in [0.15, 0.2) is 66.7 Å². The SMILES string of the molecule is NNC(=O)c1cccc2[nH]c(NC(=O)c3cccc(-c4ccccc4)n3)nc12. The Kier molecular flexibility index (Phi) is 4.53. The minimum atomic E-state index is -0.466. The third-order valence-corrected chi connectivity index (χ3v) is 4.17. The lowest BCUT2D eigenvalue weighted by atomic mass is 10.1. The highest BCUT2D eigenvalue weighted by atomic mass is 16.2. The number of carbonyl (C=O) groups is 2. The van der Waals surface area contributed by atoms with Crippen LogP contribution in [0.4, 0.5) is 5.95 Å². The van der Waals surface area contributed by atoms with Crippen molar-refractivity contribution in [2.75, 3.05) is 5.32 Å². The maximum Gasteiger partial charge on any atom is 0.276 e. The largest absolute Gasteiger partial charge is 0.324 e. The van der Waals surface area contributed by atoms with Crippen LogP contribution in [0.25, 0.3) is 22.3 Å². The van der Waals surface area contributed by atoms with Crippen LogP contribution in [0.1, 0.15) is 20.8 Å². The number of rotatable bonds is 4. The number of nitrogens with two attached hydrogens (primary N) is 1. The topological polar surface area (TPSA) is 126 Å². The third kappa shape index (κ3) is 3.31. The van der Waals surface area contributed by atoms with E-state index in [1.807, 2.05) is 36.4 Å². The number of hydrogen-bond acceptors (Lipinski definition) is 5. The van der Waals surface area contributed by atoms with Gasteiger partial charge in [-0.2, -0.15) is 0 Å². The van der Waals surface area contributed by atoms with E-state index in [1.165, 1.54) is 0 Å². The summed E-state index contributed by atoms with van der Waals surface area (Å²) in [5.74, 6) is 4.54. The van der Waals surface area contributed by atoms with Crippen molar-refractivity contribution in [1.82, 2.24) is 20.4 Å². The molecule has 0 saturated heterocycles. The molecule has 4 aromatic rings. The molecule has 0 saturated carbocycles. The fraction of sp³-hybridized carbons (Fsp3) is 0. The van der Waals surface area contributed by atoms with Gasteiger partial charge in [0.25, 0.3) is 11.8 Å². The zero-order chi connectivity index (χ0) is 19.5. The Bertz CT molecular complexity index is 1170. The molecule has 138 valence electrons. The molecule has 8 nitrogen and oxygen atoms in total. The number of nitrogens with one attached hydrogen (secondary N) is 3. The van der Waals surface area contributed by atoms with E-state index in [4.69, 9.17) is 5.84 Å². The highest BCUT2D eigenvalue weighted by Gasteiger charge is 2.15. The molecule has 2 aromatic carbocycles. The van der Waals surface area contributed by atoms with Gasteiger partial charge in [0.1, 0.15) is 11.2 Å². The number of nitrogens with zero attached hydrogens (tertiary/aromatic N) is 2. The summed E-state index contributed by atoms with van der Waals surface area (Å²) >= 11 is 0. The van der Waals surface area contributed by atoms with Crippen LogP contribution in [0, 0.1) is 0 Å². The van der Waals surface area contributed by atoms with Crippen LogP contribution in [-0.4, -0.2) is 26.8 Å². The first-order chi connectivity index (χ1) is 13.7. The highest BCUT2D eigenvalue weighted by Crippen LogP contribution is 2.20. The summed E-state index contributed by atoms with van der Waals surface area (Å²) in [6, 6.07) is 19.9. The van der Waals surface area contributed by atoms with Crippen molar-refractivity contribution in [3.63, 3.8) is 0 Å². The molecule has 0 spiro atoms. The molecule has 0 aliphatic carbocycles. The fourth-order valence-corrected chi connectivity index (χ4v) is 2.85. The molecule has 2 aromatic heterocycles. The first-order valence-electron chi connectivity index (χ1n) is 8.49. The molecule has 0 aliphatic rings. The van der Waals surface area contributed by atoms with Gasteiger partial charge in [-0.05, 0) is 24.3 Å². The number of aromatic nitrogens is 3. The second kappa shape index (κ2) is 7.29. The smallest absolute Gasteiger partial charge is 0.276 e. The predicted octanol–water partition coefficient (Wildman–Crippen LogP) is 2.48. The Morgan fingerprint density at radius 2 is 1.64 bits per heavy atom. The number of fused-ring (bicyclic) bond motifs is 1. The number of imidazole rings is 1. The average Bonchev–Trinajstić information content (AvgIpc) is 3.16. The van der Waals surface area contributed by atoms with E-state index in [9.17, 15) is 9.59 Å². The Balaban J connectivity index is 1.61. The molecule has 4 rings (SSSR count). The van der Waals surface area contributed by atoms with Crippen molar-refractivity contribution in [3.8, 4) is 11.3 Å². The zero-order valence-corrected chi connectivity index (χ0v) is 14.6. The number of hydrogen-bond donors (Lipinski definition) is 4. The number of aromatic amines is 1. The number of amides is 2. The molecule has 2 heterocycles. The summed E-state index contributed by atoms with van der Waals surface area (Å²) in [6.45, 7) is 0. The van der Waals surface area contributed by atoms with E-state index in [0.717, 1.165) is 5.56 Å². The molecular formula is C20H16N6O2. The predicted molar refractivity (Wildman–Crippen MR) is 105 cm³/mol. The minimum Gasteiger partial charge on any atom is -0.324 e. The van der Waals surface area contributed by atoms with Crippen LogP contribution >= 0.6 is 0 Å². The van der Waals surface area contributed by atoms with Gasteiger partial charge in [0.15, 0.2) is 0 Å². The molecule has 28 heavy (non-hydrogen) atoms. The Hall–Kier alpha value is -4.04. The monoisotopic (exact) mass is 372 g/mol. The van der Waals surface area contributed by atoms with E-state index in [0.29, 0.717) is 22.3 Å². The number of H-pyrrole nitrogens is 1. The van der Waals surface area contributed by atoms with Gasteiger partial charge >= 0.3 is 0 Å². The van der Waals surface area contributed by atoms with Gasteiger partial charge in [0.05, 0.1) is 16.8 Å². The molecule has 0 atom stereocenters. The summed E-state index contributed by atoms with van der Waals surface area (Å²) in [5.41, 5.74) is 5.26. The quantitative estimate of drug-likeness (QED) is 0.249. The molecule has 0 fully saturated rings. The second-order valence-corrected chi connectivity index (χ2v) is 5.99. The maximum atomic E-state index is 12.6. The van der Waals surface area contributed by atoms with E-state index >= 15 is 0 Å². The van der Waals surface area contributed by atoms with E-state index < -0.39 is 11.8 Å². The van der Waals surface area contributed by atoms with E-state index in [1.54, 1.807) is 30.3 Å². The Morgan fingerprint density at radius 3 is 2.43 bits per heavy atom. The van der Waals surface area contributed by atoms with Crippen LogP contribution in [0.5, 0.6) is 0 Å². The summed E-state index contributed by atoms with van der Waals surface area (Å²) in [4.78, 5) is 36.2. The minimum absolute atomic E-state index is 0.212. The van der Waals surface area contributed by atoms with Gasteiger partial charge in [-0.25, -0.2) is 15.8 Å². The van der Waals surface area contributed by atoms with Gasteiger partial charge in [-0.1, -0.05) is 42.5 Å². The van der Waals surface area contributed by atoms with Gasteiger partial charge in [0.2, 0.25) is 5.95 Å². The normalized spacial score (nSPS) is 10.6. The fourth-order valence-electron chi connectivity index (χ4n) is 2.85. The second-order valence-electron chi connectivity index (χ2n) is 5.99. The van der Waals surface area contributed by atoms with Crippen LogP contribution < -0.4 is 16.6 Å². The molecule has 0 aliphatic heterocycles. The summed E-state index contributed by atoms with van der Waals surface area (Å²) in [7, 11) is 0. The molecule has 0 radical (unpaired) electrons. The summed E-state index contributed by atoms with van der Waals surface area (Å²) in [5, 5.41) is 2.68. The van der Waals surface area contributed by atoms with Gasteiger partial charge in [-0.3, -0.25) is 20.3 Å². The molecule has 8 heteroatoms. The first kappa shape index (κ1) is 17.4. The van der Waals surface area contributed by atoms with Crippen molar-refractivity contribution in [2.45, 2.75) is 0 Å². The van der Waals surface area contributed by atoms with Gasteiger partial charge in [-0.15, -0.1) is 0 Å². The summed E-state index contributed by atoms with van der Waals surface area (Å²) < 4.78 is 0. The Morgan fingerprint density at radius 1 is 0.857 bits per heavy atom. The highest BCUT2D eigenvalue weighted by molar-refractivity contribution is 6.06. The van der Waals surface area contributed by atoms with Gasteiger partial charge in [0, 0.05) is 5.56 Å². The van der Waals surface area contributed by atoms with Crippen LogP contribution in [-0.2, 0) is 0 Å². The Labute approximate surface area is 159 Å². The van der Waals surface area contributed by atoms with Crippen molar-refractivity contribution >= 4 is 28.8 Å². The molecular weight excluding hydrogens is 356 g/mol. The number of carbonyl (C=O) groups excluding carboxylic acids is 2. The van der Waals surface area contributed by atoms with Gasteiger partial charge < -0.3 is 4.98 Å². The number of pyridine rings is 1. The van der Waals surface area contributed by atoms with E-state index in [2.05, 4.69) is 25.7 Å². The standard InChI is InChI=1S/C20H16N6O2/c21-26-18(27)13-8-4-10-15-17(13)24-20(23-15)25-19(28)16-11-5-9-14(22-16)12-6-2-1-3-7-12/h1-11H,21H2,(H,26,27)(H2,23,24,25,28). The maximum absolute atomic E-state index is 12.6. The molecule has 2 amide bonds. The first-order valence-corrected chi connectivity index (χ1v) is 8.49. The third-order valence-electron chi connectivity index (χ3n) is 4.17. The van der Waals surface area contributed by atoms with Crippen molar-refractivity contribution in [1.29, 1.82) is 0 Å². The van der Waals surface area contributed by atoms with Crippen molar-refractivity contribution in [3.05, 3.63) is 78.0 Å². The lowest BCUT2D eigenvalue weighted by molar-refractivity contribution is 0.0954. The van der Waals surface area contributed by atoms with Crippen LogP contribution in [0.2, 0.25) is 0 Å². The lowest BCUT2D eigenvalue weighted by Gasteiger charge is -2.04.